The fourth-order valence-electron chi connectivity index (χ4n) is 2.48. The molecule has 0 radical (unpaired) electrons. The van der Waals surface area contributed by atoms with E-state index in [1.807, 2.05) is 17.0 Å². The van der Waals surface area contributed by atoms with Crippen molar-refractivity contribution in [3.8, 4) is 0 Å². The van der Waals surface area contributed by atoms with E-state index < -0.39 is 0 Å². The normalized spacial score (nSPS) is 23.4. The van der Waals surface area contributed by atoms with Gasteiger partial charge in [0.1, 0.15) is 6.17 Å². The summed E-state index contributed by atoms with van der Waals surface area (Å²) in [6.45, 7) is 0.850. The third kappa shape index (κ3) is 1.47. The van der Waals surface area contributed by atoms with Gasteiger partial charge in [0.05, 0.1) is 5.56 Å². The van der Waals surface area contributed by atoms with Crippen molar-refractivity contribution in [1.82, 2.24) is 4.90 Å². The highest BCUT2D eigenvalue weighted by Gasteiger charge is 2.33. The van der Waals surface area contributed by atoms with E-state index in [0.29, 0.717) is 10.6 Å². The molecule has 1 N–H and O–H groups in total. The number of halogens is 1. The minimum absolute atomic E-state index is 0.112. The molecule has 2 aliphatic heterocycles. The van der Waals surface area contributed by atoms with Crippen LogP contribution in [0.2, 0.25) is 5.02 Å². The first-order chi connectivity index (χ1) is 7.75. The number of anilines is 1. The number of nitrogens with zero attached hydrogens (tertiary/aromatic N) is 1. The van der Waals surface area contributed by atoms with Gasteiger partial charge in [-0.1, -0.05) is 11.6 Å². The van der Waals surface area contributed by atoms with Gasteiger partial charge in [-0.15, -0.1) is 0 Å². The van der Waals surface area contributed by atoms with Crippen LogP contribution in [-0.4, -0.2) is 23.5 Å². The lowest BCUT2D eigenvalue weighted by atomic mass is 10.0. The van der Waals surface area contributed by atoms with Gasteiger partial charge in [-0.25, -0.2) is 0 Å². The molecule has 0 spiro atoms. The first-order valence-electron chi connectivity index (χ1n) is 5.63. The van der Waals surface area contributed by atoms with Crippen molar-refractivity contribution in [3.63, 3.8) is 0 Å². The number of rotatable bonds is 0. The van der Waals surface area contributed by atoms with Crippen molar-refractivity contribution in [1.29, 1.82) is 0 Å². The number of piperidine rings is 1. The van der Waals surface area contributed by atoms with Crippen LogP contribution in [0.4, 0.5) is 5.69 Å². The Morgan fingerprint density at radius 1 is 1.38 bits per heavy atom. The monoisotopic (exact) mass is 236 g/mol. The van der Waals surface area contributed by atoms with Crippen LogP contribution in [-0.2, 0) is 0 Å². The molecule has 0 aromatic heterocycles. The smallest absolute Gasteiger partial charge is 0.257 e. The van der Waals surface area contributed by atoms with E-state index in [4.69, 9.17) is 11.6 Å². The zero-order valence-electron chi connectivity index (χ0n) is 8.87. The summed E-state index contributed by atoms with van der Waals surface area (Å²) in [7, 11) is 0. The predicted octanol–water partition coefficient (Wildman–Crippen LogP) is 2.72. The molecule has 2 heterocycles. The maximum atomic E-state index is 12.2. The molecule has 2 aliphatic rings. The molecule has 1 saturated heterocycles. The van der Waals surface area contributed by atoms with Crippen LogP contribution in [0, 0.1) is 0 Å². The van der Waals surface area contributed by atoms with Crippen molar-refractivity contribution in [3.05, 3.63) is 28.8 Å². The van der Waals surface area contributed by atoms with Crippen LogP contribution < -0.4 is 5.32 Å². The molecular weight excluding hydrogens is 224 g/mol. The Hall–Kier alpha value is -1.22. The Morgan fingerprint density at radius 3 is 3.12 bits per heavy atom. The second-order valence-corrected chi connectivity index (χ2v) is 4.78. The lowest BCUT2D eigenvalue weighted by molar-refractivity contribution is 0.0628. The van der Waals surface area contributed by atoms with E-state index in [1.165, 1.54) is 6.42 Å². The Morgan fingerprint density at radius 2 is 2.25 bits per heavy atom. The average Bonchev–Trinajstić information content (AvgIpc) is 2.31. The standard InChI is InChI=1S/C12H13ClN2O/c13-8-4-5-10-9(7-8)12(16)15-6-2-1-3-11(15)14-10/h4-5,7,11,14H,1-3,6H2/t11-/m1/s1. The number of benzene rings is 1. The molecule has 0 aliphatic carbocycles. The third-order valence-corrected chi connectivity index (χ3v) is 3.53. The van der Waals surface area contributed by atoms with Gasteiger partial charge >= 0.3 is 0 Å². The first kappa shape index (κ1) is 9.97. The fraction of sp³-hybridized carbons (Fsp3) is 0.417. The molecule has 1 aromatic rings. The van der Waals surface area contributed by atoms with Crippen LogP contribution in [0.3, 0.4) is 0 Å². The zero-order chi connectivity index (χ0) is 11.1. The minimum Gasteiger partial charge on any atom is -0.364 e. The average molecular weight is 237 g/mol. The maximum absolute atomic E-state index is 12.2. The molecule has 0 unspecified atom stereocenters. The van der Waals surface area contributed by atoms with Gasteiger partial charge in [0, 0.05) is 17.3 Å². The number of carbonyl (C=O) groups excluding carboxylic acids is 1. The summed E-state index contributed by atoms with van der Waals surface area (Å²) in [5, 5.41) is 4.02. The van der Waals surface area contributed by atoms with Crippen LogP contribution in [0.1, 0.15) is 29.6 Å². The molecular formula is C12H13ClN2O. The molecule has 1 amide bonds. The van der Waals surface area contributed by atoms with Crippen LogP contribution in [0.15, 0.2) is 18.2 Å². The van der Waals surface area contributed by atoms with Crippen LogP contribution in [0.5, 0.6) is 0 Å². The van der Waals surface area contributed by atoms with Crippen molar-refractivity contribution < 1.29 is 4.79 Å². The van der Waals surface area contributed by atoms with Gasteiger partial charge in [-0.05, 0) is 37.5 Å². The highest BCUT2D eigenvalue weighted by Crippen LogP contribution is 2.31. The minimum atomic E-state index is 0.112. The van der Waals surface area contributed by atoms with Crippen LogP contribution >= 0.6 is 11.6 Å². The van der Waals surface area contributed by atoms with Gasteiger partial charge in [-0.3, -0.25) is 4.79 Å². The van der Waals surface area contributed by atoms with E-state index in [0.717, 1.165) is 25.1 Å². The molecule has 1 fully saturated rings. The SMILES string of the molecule is O=C1c2cc(Cl)ccc2N[C@H]2CCCCN12. The summed E-state index contributed by atoms with van der Waals surface area (Å²) >= 11 is 5.92. The highest BCUT2D eigenvalue weighted by molar-refractivity contribution is 6.31. The second kappa shape index (κ2) is 3.67. The summed E-state index contributed by atoms with van der Waals surface area (Å²) in [5.41, 5.74) is 1.61. The van der Waals surface area contributed by atoms with Crippen molar-refractivity contribution in [2.24, 2.45) is 0 Å². The van der Waals surface area contributed by atoms with Gasteiger partial charge in [-0.2, -0.15) is 0 Å². The topological polar surface area (TPSA) is 32.3 Å². The Balaban J connectivity index is 2.03. The molecule has 84 valence electrons. The molecule has 1 atom stereocenters. The van der Waals surface area contributed by atoms with E-state index >= 15 is 0 Å². The van der Waals surface area contributed by atoms with Crippen molar-refractivity contribution >= 4 is 23.2 Å². The Kier molecular flexibility index (Phi) is 2.28. The number of hydrogen-bond acceptors (Lipinski definition) is 2. The lowest BCUT2D eigenvalue weighted by Crippen LogP contribution is -2.51. The molecule has 0 saturated carbocycles. The first-order valence-corrected chi connectivity index (χ1v) is 6.00. The van der Waals surface area contributed by atoms with Gasteiger partial charge < -0.3 is 10.2 Å². The molecule has 16 heavy (non-hydrogen) atoms. The van der Waals surface area contributed by atoms with Gasteiger partial charge in [0.2, 0.25) is 0 Å². The Bertz CT molecular complexity index is 447. The van der Waals surface area contributed by atoms with E-state index in [2.05, 4.69) is 5.32 Å². The summed E-state index contributed by atoms with van der Waals surface area (Å²) in [5.74, 6) is 0.112. The maximum Gasteiger partial charge on any atom is 0.257 e. The lowest BCUT2D eigenvalue weighted by Gasteiger charge is -2.40. The third-order valence-electron chi connectivity index (χ3n) is 3.30. The van der Waals surface area contributed by atoms with E-state index in [1.54, 1.807) is 6.07 Å². The molecule has 1 aromatic carbocycles. The summed E-state index contributed by atoms with van der Waals surface area (Å²) in [4.78, 5) is 14.1. The summed E-state index contributed by atoms with van der Waals surface area (Å²) in [6.07, 6.45) is 3.49. The largest absolute Gasteiger partial charge is 0.364 e. The number of fused-ring (bicyclic) bond motifs is 2. The second-order valence-electron chi connectivity index (χ2n) is 4.34. The molecule has 0 bridgehead atoms. The van der Waals surface area contributed by atoms with Crippen molar-refractivity contribution in [2.45, 2.75) is 25.4 Å². The predicted molar refractivity (Wildman–Crippen MR) is 63.8 cm³/mol. The van der Waals surface area contributed by atoms with Crippen LogP contribution in [0.25, 0.3) is 0 Å². The number of hydrogen-bond donors (Lipinski definition) is 1. The molecule has 3 nitrogen and oxygen atoms in total. The van der Waals surface area contributed by atoms with Gasteiger partial charge in [0.25, 0.3) is 5.91 Å². The highest BCUT2D eigenvalue weighted by atomic mass is 35.5. The quantitative estimate of drug-likeness (QED) is 0.751. The number of carbonyl (C=O) groups is 1. The Labute approximate surface area is 99.4 Å². The summed E-state index contributed by atoms with van der Waals surface area (Å²) in [6, 6.07) is 5.46. The van der Waals surface area contributed by atoms with Gasteiger partial charge in [0.15, 0.2) is 0 Å². The number of amides is 1. The number of nitrogens with one attached hydrogen (secondary N) is 1. The molecule has 4 heteroatoms. The fourth-order valence-corrected chi connectivity index (χ4v) is 2.65. The van der Waals surface area contributed by atoms with Crippen molar-refractivity contribution in [2.75, 3.05) is 11.9 Å². The van der Waals surface area contributed by atoms with E-state index in [-0.39, 0.29) is 12.1 Å². The molecule has 3 rings (SSSR count). The summed E-state index contributed by atoms with van der Waals surface area (Å²) < 4.78 is 0. The zero-order valence-corrected chi connectivity index (χ0v) is 9.63. The van der Waals surface area contributed by atoms with E-state index in [9.17, 15) is 4.79 Å².